The summed E-state index contributed by atoms with van der Waals surface area (Å²) < 4.78 is 5.16. The molecular formula is C10H22OSi. The summed E-state index contributed by atoms with van der Waals surface area (Å²) in [6.45, 7) is 5.93. The molecule has 0 aromatic rings. The van der Waals surface area contributed by atoms with Crippen molar-refractivity contribution < 1.29 is 4.74 Å². The Morgan fingerprint density at radius 3 is 2.42 bits per heavy atom. The van der Waals surface area contributed by atoms with Crippen molar-refractivity contribution in [1.82, 2.24) is 0 Å². The molecule has 0 radical (unpaired) electrons. The molecule has 0 aromatic heterocycles. The van der Waals surface area contributed by atoms with Crippen molar-refractivity contribution in [1.29, 1.82) is 0 Å². The van der Waals surface area contributed by atoms with Crippen molar-refractivity contribution >= 4 is 8.80 Å². The van der Waals surface area contributed by atoms with Gasteiger partial charge in [-0.1, -0.05) is 44.8 Å². The maximum absolute atomic E-state index is 5.16. The van der Waals surface area contributed by atoms with Crippen LogP contribution in [0.3, 0.4) is 0 Å². The summed E-state index contributed by atoms with van der Waals surface area (Å²) >= 11 is 0. The van der Waals surface area contributed by atoms with Gasteiger partial charge >= 0.3 is 0 Å². The Hall–Kier alpha value is 0.177. The van der Waals surface area contributed by atoms with Gasteiger partial charge in [0.1, 0.15) is 0 Å². The monoisotopic (exact) mass is 186 g/mol. The van der Waals surface area contributed by atoms with Crippen LogP contribution in [0.5, 0.6) is 0 Å². The fraction of sp³-hybridized carbons (Fsp3) is 1.00. The maximum Gasteiger partial charge on any atom is 0.0810 e. The van der Waals surface area contributed by atoms with Crippen LogP contribution in [0.25, 0.3) is 0 Å². The van der Waals surface area contributed by atoms with Crippen LogP contribution in [-0.2, 0) is 4.74 Å². The van der Waals surface area contributed by atoms with E-state index in [1.54, 1.807) is 6.04 Å². The first kappa shape index (κ1) is 10.3. The third kappa shape index (κ3) is 5.78. The normalized spacial score (nSPS) is 21.8. The zero-order valence-corrected chi connectivity index (χ0v) is 9.67. The second kappa shape index (κ2) is 5.76. The van der Waals surface area contributed by atoms with Crippen molar-refractivity contribution in [2.45, 2.75) is 57.3 Å². The molecule has 0 N–H and O–H groups in total. The highest BCUT2D eigenvalue weighted by molar-refractivity contribution is 6.55. The minimum Gasteiger partial charge on any atom is -0.373 e. The average molecular weight is 186 g/mol. The summed E-state index contributed by atoms with van der Waals surface area (Å²) in [6.07, 6.45) is 7.74. The molecule has 1 aliphatic heterocycles. The van der Waals surface area contributed by atoms with Gasteiger partial charge in [-0.25, -0.2) is 0 Å². The predicted molar refractivity (Wildman–Crippen MR) is 56.5 cm³/mol. The lowest BCUT2D eigenvalue weighted by Gasteiger charge is -2.02. The van der Waals surface area contributed by atoms with E-state index in [0.29, 0.717) is 6.10 Å². The molecule has 1 unspecified atom stereocenters. The zero-order chi connectivity index (χ0) is 8.81. The summed E-state index contributed by atoms with van der Waals surface area (Å²) in [7, 11) is -0.254. The van der Waals surface area contributed by atoms with Crippen LogP contribution in [0, 0.1) is 0 Å². The molecule has 12 heavy (non-hydrogen) atoms. The predicted octanol–water partition coefficient (Wildman–Crippen LogP) is 2.82. The van der Waals surface area contributed by atoms with E-state index in [1.807, 2.05) is 0 Å². The van der Waals surface area contributed by atoms with E-state index in [1.165, 1.54) is 32.1 Å². The fourth-order valence-electron chi connectivity index (χ4n) is 1.51. The number of unbranched alkanes of at least 4 members (excludes halogenated alkanes) is 3. The molecule has 1 aliphatic rings. The Bertz CT molecular complexity index is 104. The molecule has 0 aliphatic carbocycles. The Balaban J connectivity index is 1.70. The number of hydrogen-bond donors (Lipinski definition) is 0. The van der Waals surface area contributed by atoms with Gasteiger partial charge in [-0.15, -0.1) is 0 Å². The molecule has 72 valence electrons. The second-order valence-electron chi connectivity index (χ2n) is 4.34. The van der Waals surface area contributed by atoms with Crippen LogP contribution in [0.4, 0.5) is 0 Å². The van der Waals surface area contributed by atoms with E-state index < -0.39 is 0 Å². The standard InChI is InChI=1S/C10H22OSi/c1-12(2)8-6-4-3-5-7-10-9-11-10/h10,12H,3-9H2,1-2H3. The van der Waals surface area contributed by atoms with E-state index in [-0.39, 0.29) is 8.80 Å². The molecule has 0 aromatic carbocycles. The smallest absolute Gasteiger partial charge is 0.0810 e. The van der Waals surface area contributed by atoms with Crippen LogP contribution in [0.1, 0.15) is 32.1 Å². The molecule has 1 rings (SSSR count). The zero-order valence-electron chi connectivity index (χ0n) is 8.51. The van der Waals surface area contributed by atoms with E-state index in [4.69, 9.17) is 4.74 Å². The Labute approximate surface area is 78.1 Å². The summed E-state index contributed by atoms with van der Waals surface area (Å²) in [5, 5.41) is 0. The Kier molecular flexibility index (Phi) is 4.92. The lowest BCUT2D eigenvalue weighted by molar-refractivity contribution is 0.388. The van der Waals surface area contributed by atoms with Crippen molar-refractivity contribution in [2.75, 3.05) is 6.61 Å². The first-order valence-electron chi connectivity index (χ1n) is 5.40. The molecule has 0 bridgehead atoms. The van der Waals surface area contributed by atoms with Gasteiger partial charge in [-0.3, -0.25) is 0 Å². The highest BCUT2D eigenvalue weighted by Gasteiger charge is 2.20. The van der Waals surface area contributed by atoms with Crippen LogP contribution in [-0.4, -0.2) is 21.5 Å². The van der Waals surface area contributed by atoms with Gasteiger partial charge in [0, 0.05) is 8.80 Å². The molecule has 0 spiro atoms. The van der Waals surface area contributed by atoms with E-state index in [0.717, 1.165) is 6.61 Å². The van der Waals surface area contributed by atoms with Crippen molar-refractivity contribution in [3.8, 4) is 0 Å². The van der Waals surface area contributed by atoms with Crippen LogP contribution in [0.15, 0.2) is 0 Å². The number of rotatable bonds is 7. The third-order valence-electron chi connectivity index (χ3n) is 2.46. The maximum atomic E-state index is 5.16. The minimum absolute atomic E-state index is 0.254. The first-order chi connectivity index (χ1) is 5.79. The quantitative estimate of drug-likeness (QED) is 0.338. The van der Waals surface area contributed by atoms with Gasteiger partial charge in [0.25, 0.3) is 0 Å². The first-order valence-corrected chi connectivity index (χ1v) is 8.53. The summed E-state index contributed by atoms with van der Waals surface area (Å²) in [4.78, 5) is 0. The molecule has 0 saturated carbocycles. The highest BCUT2D eigenvalue weighted by atomic mass is 28.3. The van der Waals surface area contributed by atoms with Crippen molar-refractivity contribution in [3.05, 3.63) is 0 Å². The topological polar surface area (TPSA) is 12.5 Å². The van der Waals surface area contributed by atoms with E-state index in [9.17, 15) is 0 Å². The van der Waals surface area contributed by atoms with Crippen LogP contribution >= 0.6 is 0 Å². The number of ether oxygens (including phenoxy) is 1. The summed E-state index contributed by atoms with van der Waals surface area (Å²) in [5.41, 5.74) is 0. The SMILES string of the molecule is C[SiH](C)CCCCCCC1CO1. The summed E-state index contributed by atoms with van der Waals surface area (Å²) in [6, 6.07) is 1.54. The fourth-order valence-corrected chi connectivity index (χ4v) is 2.62. The molecule has 1 fully saturated rings. The minimum atomic E-state index is -0.254. The number of hydrogen-bond acceptors (Lipinski definition) is 1. The Morgan fingerprint density at radius 2 is 1.83 bits per heavy atom. The van der Waals surface area contributed by atoms with Gasteiger partial charge in [0.15, 0.2) is 0 Å². The molecule has 1 heterocycles. The molecule has 0 amide bonds. The largest absolute Gasteiger partial charge is 0.373 e. The van der Waals surface area contributed by atoms with Crippen molar-refractivity contribution in [3.63, 3.8) is 0 Å². The van der Waals surface area contributed by atoms with Crippen molar-refractivity contribution in [2.24, 2.45) is 0 Å². The molecular weight excluding hydrogens is 164 g/mol. The van der Waals surface area contributed by atoms with Gasteiger partial charge in [-0.2, -0.15) is 0 Å². The lowest BCUT2D eigenvalue weighted by Crippen LogP contribution is -1.97. The van der Waals surface area contributed by atoms with Gasteiger partial charge in [-0.05, 0) is 6.42 Å². The molecule has 1 saturated heterocycles. The summed E-state index contributed by atoms with van der Waals surface area (Å²) in [5.74, 6) is 0. The third-order valence-corrected chi connectivity index (χ3v) is 4.02. The van der Waals surface area contributed by atoms with Gasteiger partial charge in [0.2, 0.25) is 0 Å². The molecule has 2 heteroatoms. The number of epoxide rings is 1. The van der Waals surface area contributed by atoms with Crippen LogP contribution < -0.4 is 0 Å². The Morgan fingerprint density at radius 1 is 1.17 bits per heavy atom. The van der Waals surface area contributed by atoms with E-state index in [2.05, 4.69) is 13.1 Å². The average Bonchev–Trinajstić information content (AvgIpc) is 2.79. The van der Waals surface area contributed by atoms with Crippen LogP contribution in [0.2, 0.25) is 19.1 Å². The molecule has 1 nitrogen and oxygen atoms in total. The van der Waals surface area contributed by atoms with E-state index >= 15 is 0 Å². The lowest BCUT2D eigenvalue weighted by atomic mass is 10.1. The second-order valence-corrected chi connectivity index (χ2v) is 7.71. The molecule has 1 atom stereocenters. The van der Waals surface area contributed by atoms with Gasteiger partial charge in [0.05, 0.1) is 12.7 Å². The van der Waals surface area contributed by atoms with Gasteiger partial charge < -0.3 is 4.74 Å². The highest BCUT2D eigenvalue weighted by Crippen LogP contribution is 2.17.